The van der Waals surface area contributed by atoms with Gasteiger partial charge in [0, 0.05) is 19.3 Å². The average molecular weight is 1100 g/mol. The van der Waals surface area contributed by atoms with Crippen molar-refractivity contribution in [2.24, 2.45) is 0 Å². The van der Waals surface area contributed by atoms with Crippen LogP contribution in [0.25, 0.3) is 0 Å². The first kappa shape index (κ1) is 75.6. The molecule has 0 aliphatic rings. The molecular formula is C73H128O6. The van der Waals surface area contributed by atoms with Gasteiger partial charge in [-0.3, -0.25) is 14.4 Å². The fraction of sp³-hybridized carbons (Fsp3) is 0.767. The van der Waals surface area contributed by atoms with Gasteiger partial charge in [0.05, 0.1) is 0 Å². The predicted octanol–water partition coefficient (Wildman–Crippen LogP) is 23.4. The Morgan fingerprint density at radius 1 is 0.266 bits per heavy atom. The molecule has 0 N–H and O–H groups in total. The molecule has 0 aromatic rings. The number of carbonyl (C=O) groups is 3. The second kappa shape index (κ2) is 67.1. The molecule has 0 aliphatic heterocycles. The maximum atomic E-state index is 13.0. The van der Waals surface area contributed by atoms with Gasteiger partial charge in [0.15, 0.2) is 6.10 Å². The van der Waals surface area contributed by atoms with Gasteiger partial charge in [0.2, 0.25) is 0 Å². The minimum atomic E-state index is -0.784. The van der Waals surface area contributed by atoms with E-state index in [0.717, 1.165) is 103 Å². The van der Waals surface area contributed by atoms with Gasteiger partial charge in [-0.25, -0.2) is 0 Å². The van der Waals surface area contributed by atoms with Crippen LogP contribution in [0.5, 0.6) is 0 Å². The van der Waals surface area contributed by atoms with Crippen molar-refractivity contribution in [2.45, 2.75) is 348 Å². The van der Waals surface area contributed by atoms with Crippen LogP contribution in [0.3, 0.4) is 0 Å². The van der Waals surface area contributed by atoms with Crippen molar-refractivity contribution in [1.82, 2.24) is 0 Å². The lowest BCUT2D eigenvalue weighted by Gasteiger charge is -2.18. The molecular weight excluding hydrogens is 973 g/mol. The van der Waals surface area contributed by atoms with E-state index in [-0.39, 0.29) is 31.1 Å². The van der Waals surface area contributed by atoms with Gasteiger partial charge in [-0.1, -0.05) is 311 Å². The van der Waals surface area contributed by atoms with Crippen LogP contribution in [-0.2, 0) is 28.6 Å². The second-order valence-electron chi connectivity index (χ2n) is 22.7. The molecule has 0 saturated heterocycles. The molecule has 6 heteroatoms. The molecule has 1 unspecified atom stereocenters. The van der Waals surface area contributed by atoms with Crippen LogP contribution in [0, 0.1) is 0 Å². The molecule has 6 nitrogen and oxygen atoms in total. The summed E-state index contributed by atoms with van der Waals surface area (Å²) in [5.74, 6) is -0.876. The van der Waals surface area contributed by atoms with Crippen LogP contribution in [0.15, 0.2) is 85.1 Å². The maximum absolute atomic E-state index is 13.0. The average Bonchev–Trinajstić information content (AvgIpc) is 3.45. The van der Waals surface area contributed by atoms with Gasteiger partial charge < -0.3 is 14.2 Å². The Morgan fingerprint density at radius 3 is 0.772 bits per heavy atom. The van der Waals surface area contributed by atoms with Gasteiger partial charge in [-0.05, 0) is 96.3 Å². The molecule has 0 aliphatic carbocycles. The third kappa shape index (κ3) is 65.3. The minimum absolute atomic E-state index is 0.0785. The number of carbonyl (C=O) groups excluding carboxylic acids is 3. The lowest BCUT2D eigenvalue weighted by Crippen LogP contribution is -2.30. The van der Waals surface area contributed by atoms with Crippen molar-refractivity contribution in [3.05, 3.63) is 85.1 Å². The number of ether oxygens (including phenoxy) is 3. The van der Waals surface area contributed by atoms with Crippen molar-refractivity contribution in [3.63, 3.8) is 0 Å². The molecule has 0 rings (SSSR count). The third-order valence-electron chi connectivity index (χ3n) is 14.9. The summed E-state index contributed by atoms with van der Waals surface area (Å²) in [6.45, 7) is 6.55. The predicted molar refractivity (Wildman–Crippen MR) is 344 cm³/mol. The summed E-state index contributed by atoms with van der Waals surface area (Å²) in [5.41, 5.74) is 0. The summed E-state index contributed by atoms with van der Waals surface area (Å²) in [6.07, 6.45) is 88.7. The molecule has 0 spiro atoms. The van der Waals surface area contributed by atoms with Crippen molar-refractivity contribution in [1.29, 1.82) is 0 Å². The summed E-state index contributed by atoms with van der Waals surface area (Å²) >= 11 is 0. The molecule has 0 saturated carbocycles. The Morgan fingerprint density at radius 2 is 0.494 bits per heavy atom. The number of allylic oxidation sites excluding steroid dienone is 14. The maximum Gasteiger partial charge on any atom is 0.306 e. The number of hydrogen-bond acceptors (Lipinski definition) is 6. The Balaban J connectivity index is 4.39. The van der Waals surface area contributed by atoms with E-state index in [9.17, 15) is 14.4 Å². The first-order valence-corrected chi connectivity index (χ1v) is 34.1. The molecule has 1 atom stereocenters. The zero-order valence-corrected chi connectivity index (χ0v) is 52.4. The Bertz CT molecular complexity index is 1500. The number of hydrogen-bond donors (Lipinski definition) is 0. The van der Waals surface area contributed by atoms with E-state index in [1.807, 2.05) is 0 Å². The lowest BCUT2D eigenvalue weighted by molar-refractivity contribution is -0.167. The van der Waals surface area contributed by atoms with Gasteiger partial charge in [-0.15, -0.1) is 0 Å². The molecule has 0 bridgehead atoms. The van der Waals surface area contributed by atoms with Crippen LogP contribution in [0.1, 0.15) is 342 Å². The molecule has 0 heterocycles. The van der Waals surface area contributed by atoms with Crippen molar-refractivity contribution >= 4 is 17.9 Å². The highest BCUT2D eigenvalue weighted by molar-refractivity contribution is 5.71. The van der Waals surface area contributed by atoms with Crippen molar-refractivity contribution < 1.29 is 28.6 Å². The van der Waals surface area contributed by atoms with Gasteiger partial charge in [0.1, 0.15) is 13.2 Å². The number of esters is 3. The first-order valence-electron chi connectivity index (χ1n) is 34.1. The molecule has 456 valence electrons. The van der Waals surface area contributed by atoms with Crippen LogP contribution < -0.4 is 0 Å². The normalized spacial score (nSPS) is 12.6. The molecule has 0 aromatic carbocycles. The Hall–Kier alpha value is -3.41. The third-order valence-corrected chi connectivity index (χ3v) is 14.9. The highest BCUT2D eigenvalue weighted by Gasteiger charge is 2.19. The van der Waals surface area contributed by atoms with E-state index in [1.165, 1.54) is 199 Å². The van der Waals surface area contributed by atoms with E-state index in [1.54, 1.807) is 0 Å². The lowest BCUT2D eigenvalue weighted by atomic mass is 10.0. The summed E-state index contributed by atoms with van der Waals surface area (Å²) in [7, 11) is 0. The van der Waals surface area contributed by atoms with Crippen LogP contribution in [0.4, 0.5) is 0 Å². The van der Waals surface area contributed by atoms with Crippen molar-refractivity contribution in [2.75, 3.05) is 13.2 Å². The van der Waals surface area contributed by atoms with Crippen LogP contribution >= 0.6 is 0 Å². The molecule has 0 amide bonds. The largest absolute Gasteiger partial charge is 0.462 e. The molecule has 0 fully saturated rings. The van der Waals surface area contributed by atoms with E-state index < -0.39 is 6.10 Å². The zero-order chi connectivity index (χ0) is 57.1. The highest BCUT2D eigenvalue weighted by Crippen LogP contribution is 2.17. The fourth-order valence-electron chi connectivity index (χ4n) is 9.80. The first-order chi connectivity index (χ1) is 39.0. The Kier molecular flexibility index (Phi) is 64.2. The Labute approximate surface area is 490 Å². The monoisotopic (exact) mass is 1100 g/mol. The fourth-order valence-corrected chi connectivity index (χ4v) is 9.80. The number of rotatable bonds is 62. The second-order valence-corrected chi connectivity index (χ2v) is 22.7. The SMILES string of the molecule is CC/C=C\C/C=C\C/C=C\C/C=C\C/C=C\CCCCCCCCCC(=O)OCC(COC(=O)CCCCCCCCCCCCCCCCCCC)OC(=O)CCCCCCCCCCC/C=C\C/C=C\CCCCCCC. The van der Waals surface area contributed by atoms with E-state index >= 15 is 0 Å². The van der Waals surface area contributed by atoms with Gasteiger partial charge in [0.25, 0.3) is 0 Å². The summed E-state index contributed by atoms with van der Waals surface area (Å²) in [4.78, 5) is 38.4. The van der Waals surface area contributed by atoms with Gasteiger partial charge >= 0.3 is 17.9 Å². The van der Waals surface area contributed by atoms with Gasteiger partial charge in [-0.2, -0.15) is 0 Å². The number of unbranched alkanes of at least 4 members (excludes halogenated alkanes) is 37. The molecule has 79 heavy (non-hydrogen) atoms. The summed E-state index contributed by atoms with van der Waals surface area (Å²) < 4.78 is 17.0. The van der Waals surface area contributed by atoms with Crippen LogP contribution in [-0.4, -0.2) is 37.2 Å². The van der Waals surface area contributed by atoms with E-state index in [0.29, 0.717) is 19.3 Å². The zero-order valence-electron chi connectivity index (χ0n) is 52.4. The quantitative estimate of drug-likeness (QED) is 0.0261. The van der Waals surface area contributed by atoms with E-state index in [4.69, 9.17) is 14.2 Å². The summed E-state index contributed by atoms with van der Waals surface area (Å²) in [5, 5.41) is 0. The summed E-state index contributed by atoms with van der Waals surface area (Å²) in [6, 6.07) is 0. The van der Waals surface area contributed by atoms with Crippen molar-refractivity contribution in [3.8, 4) is 0 Å². The standard InChI is InChI=1S/C73H128O6/c1-4-7-10-13-16-19-22-25-28-31-33-35-36-38-39-42-45-48-51-54-57-60-63-66-72(75)78-69-70(68-77-71(74)65-62-59-56-53-50-47-44-41-30-27-24-21-18-15-12-9-6-3)79-73(76)67-64-61-58-55-52-49-46-43-40-37-34-32-29-26-23-20-17-14-11-8-5-2/h7,10,16,19,23,25-26,28,32-35,38-39,70H,4-6,8-9,11-15,17-18,20-22,24,27,29-31,36-37,40-69H2,1-3H3/b10-7-,19-16-,26-23-,28-25-,34-32-,35-33-,39-38-. The highest BCUT2D eigenvalue weighted by atomic mass is 16.6. The smallest absolute Gasteiger partial charge is 0.306 e. The van der Waals surface area contributed by atoms with Crippen LogP contribution in [0.2, 0.25) is 0 Å². The molecule has 0 aromatic heterocycles. The minimum Gasteiger partial charge on any atom is -0.462 e. The topological polar surface area (TPSA) is 78.9 Å². The molecule has 0 radical (unpaired) electrons. The van der Waals surface area contributed by atoms with E-state index in [2.05, 4.69) is 106 Å².